The molecule has 39 heavy (non-hydrogen) atoms. The molecule has 0 saturated carbocycles. The van der Waals surface area contributed by atoms with Crippen LogP contribution in [0.3, 0.4) is 0 Å². The Morgan fingerprint density at radius 3 is 2.36 bits per heavy atom. The smallest absolute Gasteiger partial charge is 0.347 e. The number of thiocarbonyl (C=S) groups is 1. The summed E-state index contributed by atoms with van der Waals surface area (Å²) in [6, 6.07) is 5.72. The lowest BCUT2D eigenvalue weighted by atomic mass is 9.90. The number of nitrogens with zero attached hydrogens (tertiary/aromatic N) is 5. The first-order valence-electron chi connectivity index (χ1n) is 14.2. The Morgan fingerprint density at radius 1 is 1.03 bits per heavy atom. The van der Waals surface area contributed by atoms with Gasteiger partial charge < -0.3 is 19.6 Å². The second-order valence-electron chi connectivity index (χ2n) is 11.8. The summed E-state index contributed by atoms with van der Waals surface area (Å²) in [5, 5.41) is 9.58. The van der Waals surface area contributed by atoms with Gasteiger partial charge in [-0.1, -0.05) is 33.1 Å². The average Bonchev–Trinajstić information content (AvgIpc) is 3.58. The van der Waals surface area contributed by atoms with Crippen molar-refractivity contribution in [1.29, 1.82) is 5.26 Å². The fraction of sp³-hybridized carbons (Fsp3) is 0.690. The second kappa shape index (κ2) is 12.4. The Balaban J connectivity index is 1.18. The lowest BCUT2D eigenvalue weighted by molar-refractivity contribution is -0.138. The van der Waals surface area contributed by atoms with Gasteiger partial charge in [0.25, 0.3) is 0 Å². The van der Waals surface area contributed by atoms with Crippen LogP contribution in [0, 0.1) is 16.7 Å². The minimum absolute atomic E-state index is 0.265. The van der Waals surface area contributed by atoms with Crippen molar-refractivity contribution in [3.63, 3.8) is 0 Å². The summed E-state index contributed by atoms with van der Waals surface area (Å²) in [6.45, 7) is 10.3. The van der Waals surface area contributed by atoms with Crippen LogP contribution >= 0.6 is 12.2 Å². The van der Waals surface area contributed by atoms with Gasteiger partial charge in [-0.15, -0.1) is 0 Å². The largest absolute Gasteiger partial charge is 0.417 e. The van der Waals surface area contributed by atoms with Gasteiger partial charge in [0.1, 0.15) is 0 Å². The molecule has 3 fully saturated rings. The predicted molar refractivity (Wildman–Crippen MR) is 150 cm³/mol. The van der Waals surface area contributed by atoms with Crippen molar-refractivity contribution in [2.45, 2.75) is 77.4 Å². The number of hydrogen-bond donors (Lipinski definition) is 0. The molecule has 3 saturated heterocycles. The molecule has 0 N–H and O–H groups in total. The van der Waals surface area contributed by atoms with Crippen molar-refractivity contribution in [2.24, 2.45) is 5.41 Å². The van der Waals surface area contributed by atoms with Crippen LogP contribution in [0.5, 0.6) is 0 Å². The molecule has 10 heteroatoms. The third kappa shape index (κ3) is 7.04. The highest BCUT2D eigenvalue weighted by atomic mass is 32.1. The van der Waals surface area contributed by atoms with Crippen LogP contribution in [0.4, 0.5) is 18.9 Å². The molecule has 1 aromatic carbocycles. The van der Waals surface area contributed by atoms with Crippen molar-refractivity contribution >= 4 is 28.9 Å². The molecule has 0 aromatic heterocycles. The van der Waals surface area contributed by atoms with Gasteiger partial charge in [0.05, 0.1) is 17.2 Å². The van der Waals surface area contributed by atoms with Crippen LogP contribution in [0.25, 0.3) is 0 Å². The molecule has 4 rings (SSSR count). The number of carbonyl (C=O) groups is 1. The maximum atomic E-state index is 13.4. The van der Waals surface area contributed by atoms with Crippen LogP contribution in [0.15, 0.2) is 18.2 Å². The highest BCUT2D eigenvalue weighted by Gasteiger charge is 2.45. The Bertz CT molecular complexity index is 1080. The second-order valence-corrected chi connectivity index (χ2v) is 12.1. The van der Waals surface area contributed by atoms with Crippen LogP contribution < -0.4 is 4.90 Å². The van der Waals surface area contributed by atoms with E-state index in [1.165, 1.54) is 25.0 Å². The van der Waals surface area contributed by atoms with Crippen molar-refractivity contribution in [3.8, 4) is 6.07 Å². The fourth-order valence-electron chi connectivity index (χ4n) is 6.23. The summed E-state index contributed by atoms with van der Waals surface area (Å²) < 4.78 is 40.1. The van der Waals surface area contributed by atoms with Crippen LogP contribution in [0.2, 0.25) is 0 Å². The Hall–Kier alpha value is -2.38. The van der Waals surface area contributed by atoms with Crippen LogP contribution in [-0.2, 0) is 11.0 Å². The number of alkyl halides is 3. The molecule has 1 amide bonds. The van der Waals surface area contributed by atoms with Crippen molar-refractivity contribution in [2.75, 3.05) is 50.7 Å². The van der Waals surface area contributed by atoms with E-state index in [0.717, 1.165) is 77.3 Å². The highest BCUT2D eigenvalue weighted by molar-refractivity contribution is 7.80. The van der Waals surface area contributed by atoms with Gasteiger partial charge in [0.15, 0.2) is 5.11 Å². The minimum atomic E-state index is -4.59. The highest BCUT2D eigenvalue weighted by Crippen LogP contribution is 2.37. The Morgan fingerprint density at radius 2 is 1.69 bits per heavy atom. The first kappa shape index (κ1) is 29.6. The number of rotatable bonds is 11. The number of unbranched alkanes of at least 4 members (excludes halogenated alkanes) is 4. The Kier molecular flexibility index (Phi) is 9.43. The normalized spacial score (nSPS) is 21.8. The third-order valence-corrected chi connectivity index (χ3v) is 8.84. The lowest BCUT2D eigenvalue weighted by Gasteiger charge is -2.28. The van der Waals surface area contributed by atoms with Gasteiger partial charge in [-0.3, -0.25) is 4.79 Å². The standard InChI is InChI=1S/C29H40F3N5OS/c1-28(2)19-24(21-34-12-8-9-13-34)36(26(28)38)15-7-5-3-4-6-14-35-16-17-37(27(35)39)23-11-10-22(20-33)25(18-23)29(30,31)32/h10-11,18,24H,3-9,12-17,19,21H2,1-2H3/t24-/m0/s1. The number of likely N-dealkylation sites (tertiary alicyclic amines) is 2. The molecule has 3 aliphatic heterocycles. The third-order valence-electron chi connectivity index (χ3n) is 8.36. The number of halogens is 3. The number of anilines is 1. The van der Waals surface area contributed by atoms with Crippen LogP contribution in [0.1, 0.15) is 76.3 Å². The first-order chi connectivity index (χ1) is 18.5. The van der Waals surface area contributed by atoms with Gasteiger partial charge in [-0.25, -0.2) is 0 Å². The van der Waals surface area contributed by atoms with Gasteiger partial charge >= 0.3 is 6.18 Å². The van der Waals surface area contributed by atoms with Crippen molar-refractivity contribution in [3.05, 3.63) is 29.3 Å². The number of hydrogen-bond acceptors (Lipinski definition) is 4. The molecule has 3 aliphatic rings. The number of benzene rings is 1. The first-order valence-corrected chi connectivity index (χ1v) is 14.6. The summed E-state index contributed by atoms with van der Waals surface area (Å²) in [5.74, 6) is 0.295. The molecular weight excluding hydrogens is 523 g/mol. The molecule has 0 spiro atoms. The van der Waals surface area contributed by atoms with E-state index < -0.39 is 11.7 Å². The number of amides is 1. The zero-order chi connectivity index (χ0) is 28.2. The topological polar surface area (TPSA) is 53.8 Å². The maximum absolute atomic E-state index is 13.4. The van der Waals surface area contributed by atoms with Crippen molar-refractivity contribution in [1.82, 2.24) is 14.7 Å². The molecule has 0 radical (unpaired) electrons. The maximum Gasteiger partial charge on any atom is 0.417 e. The van der Waals surface area contributed by atoms with Gasteiger partial charge in [0, 0.05) is 49.9 Å². The molecule has 0 unspecified atom stereocenters. The minimum Gasteiger partial charge on any atom is -0.347 e. The van der Waals surface area contributed by atoms with E-state index in [1.54, 1.807) is 11.0 Å². The number of nitriles is 1. The van der Waals surface area contributed by atoms with Gasteiger partial charge in [-0.2, -0.15) is 18.4 Å². The summed E-state index contributed by atoms with van der Waals surface area (Å²) >= 11 is 5.58. The van der Waals surface area contributed by atoms with Crippen LogP contribution in [-0.4, -0.2) is 77.6 Å². The van der Waals surface area contributed by atoms with E-state index in [4.69, 9.17) is 17.5 Å². The summed E-state index contributed by atoms with van der Waals surface area (Å²) in [5.41, 5.74) is -1.20. The summed E-state index contributed by atoms with van der Waals surface area (Å²) in [4.78, 5) is 21.4. The molecule has 0 aliphatic carbocycles. The molecule has 3 heterocycles. The number of carbonyl (C=O) groups excluding carboxylic acids is 1. The Labute approximate surface area is 235 Å². The van der Waals surface area contributed by atoms with Gasteiger partial charge in [0.2, 0.25) is 5.91 Å². The molecule has 214 valence electrons. The zero-order valence-corrected chi connectivity index (χ0v) is 23.9. The molecule has 1 atom stereocenters. The van der Waals surface area contributed by atoms with E-state index in [-0.39, 0.29) is 11.0 Å². The van der Waals surface area contributed by atoms with E-state index >= 15 is 0 Å². The van der Waals surface area contributed by atoms with E-state index in [1.807, 2.05) is 0 Å². The monoisotopic (exact) mass is 563 g/mol. The summed E-state index contributed by atoms with van der Waals surface area (Å²) in [7, 11) is 0. The fourth-order valence-corrected chi connectivity index (χ4v) is 6.61. The van der Waals surface area contributed by atoms with Gasteiger partial charge in [-0.05, 0) is 75.6 Å². The molecule has 6 nitrogen and oxygen atoms in total. The summed E-state index contributed by atoms with van der Waals surface area (Å²) in [6.07, 6.45) is 4.04. The van der Waals surface area contributed by atoms with Crippen molar-refractivity contribution < 1.29 is 18.0 Å². The SMILES string of the molecule is CC1(C)C[C@@H](CN2CCCC2)N(CCCCCCCN2CCN(c3ccc(C#N)c(C(F)(F)F)c3)C2=S)C1=O. The van der Waals surface area contributed by atoms with E-state index in [9.17, 15) is 18.0 Å². The lowest BCUT2D eigenvalue weighted by Crippen LogP contribution is -2.42. The predicted octanol–water partition coefficient (Wildman–Crippen LogP) is 5.66. The molecular formula is C29H40F3N5OS. The zero-order valence-electron chi connectivity index (χ0n) is 23.1. The van der Waals surface area contributed by atoms with E-state index in [0.29, 0.717) is 35.8 Å². The quantitative estimate of drug-likeness (QED) is 0.256. The molecule has 0 bridgehead atoms. The molecule has 1 aromatic rings. The van der Waals surface area contributed by atoms with E-state index in [2.05, 4.69) is 28.5 Å². The average molecular weight is 564 g/mol.